The zero-order valence-electron chi connectivity index (χ0n) is 12.9. The van der Waals surface area contributed by atoms with Crippen molar-refractivity contribution in [1.82, 2.24) is 10.6 Å². The second kappa shape index (κ2) is 7.58. The largest absolute Gasteiger partial charge is 0.480 e. The number of carboxylic acids is 1. The fourth-order valence-electron chi connectivity index (χ4n) is 2.00. The van der Waals surface area contributed by atoms with Crippen LogP contribution in [0.4, 0.5) is 0 Å². The number of carboxylic acid groups (broad SMARTS) is 1. The van der Waals surface area contributed by atoms with Gasteiger partial charge in [-0.25, -0.2) is 4.79 Å². The number of allylic oxidation sites excluding steroid dienone is 1. The number of amides is 2. The quantitative estimate of drug-likeness (QED) is 0.668. The molecule has 1 atom stereocenters. The van der Waals surface area contributed by atoms with E-state index in [1.165, 1.54) is 12.1 Å². The molecule has 0 heterocycles. The summed E-state index contributed by atoms with van der Waals surface area (Å²) in [6.07, 6.45) is 5.66. The molecule has 2 rings (SSSR count). The van der Waals surface area contributed by atoms with E-state index in [1.54, 1.807) is 31.2 Å². The first-order chi connectivity index (χ1) is 11.0. The third-order valence-corrected chi connectivity index (χ3v) is 3.53. The molecule has 1 aromatic carbocycles. The Morgan fingerprint density at radius 1 is 1.17 bits per heavy atom. The monoisotopic (exact) mass is 316 g/mol. The number of rotatable bonds is 7. The fraction of sp³-hybridized carbons (Fsp3) is 0.353. The molecule has 0 radical (unpaired) electrons. The van der Waals surface area contributed by atoms with Gasteiger partial charge in [0.1, 0.15) is 6.04 Å². The molecule has 23 heavy (non-hydrogen) atoms. The Morgan fingerprint density at radius 3 is 2.22 bits per heavy atom. The molecule has 1 fully saturated rings. The van der Waals surface area contributed by atoms with Gasteiger partial charge in [0, 0.05) is 17.2 Å². The summed E-state index contributed by atoms with van der Waals surface area (Å²) in [5, 5.41) is 14.4. The first-order valence-electron chi connectivity index (χ1n) is 7.57. The summed E-state index contributed by atoms with van der Waals surface area (Å²) in [5.41, 5.74) is 0.803. The molecule has 1 aliphatic rings. The van der Waals surface area contributed by atoms with Crippen LogP contribution in [-0.4, -0.2) is 35.0 Å². The SMILES string of the molecule is C/C=C/CC(NC(=O)c1ccc(C(=O)NC2CC2)cc1)C(=O)O. The third-order valence-electron chi connectivity index (χ3n) is 3.53. The van der Waals surface area contributed by atoms with Crippen LogP contribution < -0.4 is 10.6 Å². The van der Waals surface area contributed by atoms with Crippen molar-refractivity contribution >= 4 is 17.8 Å². The van der Waals surface area contributed by atoms with Crippen molar-refractivity contribution < 1.29 is 19.5 Å². The van der Waals surface area contributed by atoms with Gasteiger partial charge in [0.15, 0.2) is 0 Å². The predicted octanol–water partition coefficient (Wildman–Crippen LogP) is 1.73. The van der Waals surface area contributed by atoms with E-state index in [9.17, 15) is 14.4 Å². The minimum atomic E-state index is -1.09. The lowest BCUT2D eigenvalue weighted by molar-refractivity contribution is -0.139. The molecule has 0 saturated heterocycles. The Hall–Kier alpha value is -2.63. The standard InChI is InChI=1S/C17H20N2O4/c1-2-3-4-14(17(22)23)19-16(21)12-7-5-11(6-8-12)15(20)18-13-9-10-13/h2-3,5-8,13-14H,4,9-10H2,1H3,(H,18,20)(H,19,21)(H,22,23)/b3-2+. The van der Waals surface area contributed by atoms with Gasteiger partial charge in [-0.15, -0.1) is 0 Å². The highest BCUT2D eigenvalue weighted by molar-refractivity contribution is 5.99. The van der Waals surface area contributed by atoms with Gasteiger partial charge in [-0.3, -0.25) is 9.59 Å². The van der Waals surface area contributed by atoms with Crippen molar-refractivity contribution in [2.45, 2.75) is 38.3 Å². The van der Waals surface area contributed by atoms with Crippen molar-refractivity contribution in [2.75, 3.05) is 0 Å². The highest BCUT2D eigenvalue weighted by Crippen LogP contribution is 2.19. The van der Waals surface area contributed by atoms with Gasteiger partial charge >= 0.3 is 5.97 Å². The minimum absolute atomic E-state index is 0.157. The Kier molecular flexibility index (Phi) is 5.51. The number of carbonyl (C=O) groups excluding carboxylic acids is 2. The zero-order valence-corrected chi connectivity index (χ0v) is 12.9. The van der Waals surface area contributed by atoms with Crippen molar-refractivity contribution in [3.05, 3.63) is 47.5 Å². The van der Waals surface area contributed by atoms with Crippen LogP contribution in [0.1, 0.15) is 46.9 Å². The van der Waals surface area contributed by atoms with Gasteiger partial charge in [0.25, 0.3) is 11.8 Å². The van der Waals surface area contributed by atoms with E-state index in [2.05, 4.69) is 10.6 Å². The average Bonchev–Trinajstić information content (AvgIpc) is 3.35. The summed E-state index contributed by atoms with van der Waals surface area (Å²) in [7, 11) is 0. The lowest BCUT2D eigenvalue weighted by atomic mass is 10.1. The number of carbonyl (C=O) groups is 3. The third kappa shape index (κ3) is 4.95. The maximum absolute atomic E-state index is 12.1. The molecule has 0 aliphatic heterocycles. The average molecular weight is 316 g/mol. The number of hydrogen-bond donors (Lipinski definition) is 3. The topological polar surface area (TPSA) is 95.5 Å². The molecule has 1 unspecified atom stereocenters. The van der Waals surface area contributed by atoms with Crippen LogP contribution in [0, 0.1) is 0 Å². The normalized spacial score (nSPS) is 15.2. The molecule has 2 amide bonds. The predicted molar refractivity (Wildman–Crippen MR) is 85.3 cm³/mol. The van der Waals surface area contributed by atoms with Crippen LogP contribution in [0.3, 0.4) is 0 Å². The molecule has 0 aromatic heterocycles. The first kappa shape index (κ1) is 16.7. The molecule has 1 aromatic rings. The van der Waals surface area contributed by atoms with Crippen LogP contribution in [0.15, 0.2) is 36.4 Å². The molecular weight excluding hydrogens is 296 g/mol. The zero-order chi connectivity index (χ0) is 16.8. The van der Waals surface area contributed by atoms with E-state index in [0.29, 0.717) is 11.1 Å². The molecular formula is C17H20N2O4. The van der Waals surface area contributed by atoms with Crippen LogP contribution in [0.2, 0.25) is 0 Å². The van der Waals surface area contributed by atoms with Crippen molar-refractivity contribution in [1.29, 1.82) is 0 Å². The van der Waals surface area contributed by atoms with Crippen LogP contribution >= 0.6 is 0 Å². The van der Waals surface area contributed by atoms with Crippen molar-refractivity contribution in [2.24, 2.45) is 0 Å². The van der Waals surface area contributed by atoms with E-state index in [0.717, 1.165) is 12.8 Å². The van der Waals surface area contributed by atoms with Gasteiger partial charge < -0.3 is 15.7 Å². The fourth-order valence-corrected chi connectivity index (χ4v) is 2.00. The molecule has 6 heteroatoms. The Morgan fingerprint density at radius 2 is 1.74 bits per heavy atom. The van der Waals surface area contributed by atoms with Crippen molar-refractivity contribution in [3.63, 3.8) is 0 Å². The summed E-state index contributed by atoms with van der Waals surface area (Å²) in [5.74, 6) is -1.72. The smallest absolute Gasteiger partial charge is 0.326 e. The number of nitrogens with one attached hydrogen (secondary N) is 2. The molecule has 0 spiro atoms. The molecule has 122 valence electrons. The Labute approximate surface area is 134 Å². The maximum atomic E-state index is 12.1. The number of hydrogen-bond acceptors (Lipinski definition) is 3. The second-order valence-electron chi connectivity index (χ2n) is 5.49. The van der Waals surface area contributed by atoms with Crippen LogP contribution in [0.5, 0.6) is 0 Å². The van der Waals surface area contributed by atoms with Gasteiger partial charge in [-0.2, -0.15) is 0 Å². The summed E-state index contributed by atoms with van der Waals surface area (Å²) in [6, 6.07) is 5.46. The first-order valence-corrected chi connectivity index (χ1v) is 7.57. The molecule has 1 aliphatic carbocycles. The molecule has 3 N–H and O–H groups in total. The van der Waals surface area contributed by atoms with Crippen LogP contribution in [0.25, 0.3) is 0 Å². The van der Waals surface area contributed by atoms with E-state index < -0.39 is 17.9 Å². The lowest BCUT2D eigenvalue weighted by Crippen LogP contribution is -2.40. The second-order valence-corrected chi connectivity index (χ2v) is 5.49. The minimum Gasteiger partial charge on any atom is -0.480 e. The van der Waals surface area contributed by atoms with Gasteiger partial charge in [0.2, 0.25) is 0 Å². The highest BCUT2D eigenvalue weighted by atomic mass is 16.4. The Balaban J connectivity index is 1.98. The van der Waals surface area contributed by atoms with Gasteiger partial charge in [0.05, 0.1) is 0 Å². The number of benzene rings is 1. The summed E-state index contributed by atoms with van der Waals surface area (Å²) in [4.78, 5) is 35.1. The van der Waals surface area contributed by atoms with E-state index in [4.69, 9.17) is 5.11 Å². The summed E-state index contributed by atoms with van der Waals surface area (Å²) in [6.45, 7) is 1.78. The number of aliphatic carboxylic acids is 1. The van der Waals surface area contributed by atoms with E-state index in [-0.39, 0.29) is 18.4 Å². The van der Waals surface area contributed by atoms with E-state index >= 15 is 0 Å². The molecule has 1 saturated carbocycles. The summed E-state index contributed by atoms with van der Waals surface area (Å²) >= 11 is 0. The maximum Gasteiger partial charge on any atom is 0.326 e. The Bertz CT molecular complexity index is 618. The van der Waals surface area contributed by atoms with Gasteiger partial charge in [-0.1, -0.05) is 12.2 Å². The molecule has 6 nitrogen and oxygen atoms in total. The molecule has 0 bridgehead atoms. The highest BCUT2D eigenvalue weighted by Gasteiger charge is 2.24. The van der Waals surface area contributed by atoms with Crippen LogP contribution in [-0.2, 0) is 4.79 Å². The van der Waals surface area contributed by atoms with E-state index in [1.807, 2.05) is 0 Å². The summed E-state index contributed by atoms with van der Waals surface area (Å²) < 4.78 is 0. The van der Waals surface area contributed by atoms with Crippen molar-refractivity contribution in [3.8, 4) is 0 Å². The van der Waals surface area contributed by atoms with Gasteiger partial charge in [-0.05, 0) is 50.5 Å². The lowest BCUT2D eigenvalue weighted by Gasteiger charge is -2.13.